The first kappa shape index (κ1) is 22.4. The lowest BCUT2D eigenvalue weighted by Gasteiger charge is -2.11. The molecule has 2 N–H and O–H groups in total. The second-order valence-corrected chi connectivity index (χ2v) is 8.36. The van der Waals surface area contributed by atoms with Gasteiger partial charge in [-0.15, -0.1) is 11.8 Å². The Bertz CT molecular complexity index is 1270. The van der Waals surface area contributed by atoms with Crippen LogP contribution in [0.2, 0.25) is 0 Å². The largest absolute Gasteiger partial charge is 0.492 e. The second kappa shape index (κ2) is 10.7. The van der Waals surface area contributed by atoms with Crippen LogP contribution in [0.15, 0.2) is 95.9 Å². The Balaban J connectivity index is 1.31. The normalized spacial score (nSPS) is 10.6. The van der Waals surface area contributed by atoms with Crippen molar-refractivity contribution >= 4 is 45.7 Å². The zero-order valence-electron chi connectivity index (χ0n) is 18.2. The van der Waals surface area contributed by atoms with Crippen LogP contribution in [0.5, 0.6) is 5.75 Å². The fourth-order valence-corrected chi connectivity index (χ4v) is 4.05. The maximum atomic E-state index is 12.6. The average molecular weight is 457 g/mol. The lowest BCUT2D eigenvalue weighted by atomic mass is 10.1. The molecule has 0 heterocycles. The molecule has 0 bridgehead atoms. The number of hydrogen-bond acceptors (Lipinski definition) is 4. The Morgan fingerprint density at radius 1 is 0.818 bits per heavy atom. The van der Waals surface area contributed by atoms with Gasteiger partial charge >= 0.3 is 0 Å². The maximum Gasteiger partial charge on any atom is 0.255 e. The van der Waals surface area contributed by atoms with E-state index in [9.17, 15) is 9.59 Å². The van der Waals surface area contributed by atoms with Crippen molar-refractivity contribution in [3.8, 4) is 5.75 Å². The van der Waals surface area contributed by atoms with Gasteiger partial charge in [-0.2, -0.15) is 0 Å². The molecule has 0 aliphatic rings. The van der Waals surface area contributed by atoms with Gasteiger partial charge in [-0.3, -0.25) is 9.59 Å². The number of carbonyl (C=O) groups is 2. The van der Waals surface area contributed by atoms with Crippen LogP contribution in [0.1, 0.15) is 17.3 Å². The van der Waals surface area contributed by atoms with E-state index in [2.05, 4.69) is 10.6 Å². The van der Waals surface area contributed by atoms with E-state index >= 15 is 0 Å². The fraction of sp³-hybridized carbons (Fsp3) is 0.111. The van der Waals surface area contributed by atoms with Gasteiger partial charge in [0.25, 0.3) is 5.91 Å². The molecular formula is C27H24N2O3S. The zero-order chi connectivity index (χ0) is 23.0. The summed E-state index contributed by atoms with van der Waals surface area (Å²) in [6.45, 7) is 2.44. The summed E-state index contributed by atoms with van der Waals surface area (Å²) in [7, 11) is 0. The molecule has 0 spiro atoms. The summed E-state index contributed by atoms with van der Waals surface area (Å²) in [6, 6.07) is 28.4. The van der Waals surface area contributed by atoms with Crippen LogP contribution < -0.4 is 15.4 Å². The summed E-state index contributed by atoms with van der Waals surface area (Å²) >= 11 is 1.43. The van der Waals surface area contributed by atoms with Crippen molar-refractivity contribution in [1.82, 2.24) is 0 Å². The van der Waals surface area contributed by atoms with E-state index < -0.39 is 0 Å². The van der Waals surface area contributed by atoms with Gasteiger partial charge in [0.1, 0.15) is 5.75 Å². The lowest BCUT2D eigenvalue weighted by Crippen LogP contribution is -2.15. The number of amides is 2. The van der Waals surface area contributed by atoms with E-state index in [0.717, 1.165) is 15.7 Å². The number of hydrogen-bond donors (Lipinski definition) is 2. The minimum atomic E-state index is -0.159. The fourth-order valence-electron chi connectivity index (χ4n) is 3.35. The number of carbonyl (C=O) groups excluding carboxylic acids is 2. The lowest BCUT2D eigenvalue weighted by molar-refractivity contribution is -0.113. The monoisotopic (exact) mass is 456 g/mol. The molecule has 166 valence electrons. The summed E-state index contributed by atoms with van der Waals surface area (Å²) < 4.78 is 5.54. The maximum absolute atomic E-state index is 12.6. The van der Waals surface area contributed by atoms with Crippen molar-refractivity contribution in [2.45, 2.75) is 11.8 Å². The standard InChI is InChI=1S/C27H24N2O3S/c1-2-32-25-10-6-5-9-24(25)29-26(30)18-33-23-15-13-22(14-16-23)28-27(31)21-12-11-19-7-3-4-8-20(19)17-21/h3-17H,2,18H2,1H3,(H,28,31)(H,29,30). The first-order valence-electron chi connectivity index (χ1n) is 10.7. The number of thioether (sulfide) groups is 1. The molecule has 5 nitrogen and oxygen atoms in total. The van der Waals surface area contributed by atoms with Gasteiger partial charge in [0.15, 0.2) is 0 Å². The molecule has 4 aromatic carbocycles. The third-order valence-electron chi connectivity index (χ3n) is 4.95. The molecule has 2 amide bonds. The molecule has 33 heavy (non-hydrogen) atoms. The van der Waals surface area contributed by atoms with Crippen LogP contribution in [-0.2, 0) is 4.79 Å². The molecule has 4 rings (SSSR count). The first-order chi connectivity index (χ1) is 16.1. The molecule has 0 atom stereocenters. The smallest absolute Gasteiger partial charge is 0.255 e. The SMILES string of the molecule is CCOc1ccccc1NC(=O)CSc1ccc(NC(=O)c2ccc3ccccc3c2)cc1. The molecule has 0 saturated heterocycles. The molecule has 6 heteroatoms. The van der Waals surface area contributed by atoms with E-state index in [4.69, 9.17) is 4.74 Å². The number of rotatable bonds is 8. The van der Waals surface area contributed by atoms with Crippen molar-refractivity contribution in [2.75, 3.05) is 23.0 Å². The highest BCUT2D eigenvalue weighted by atomic mass is 32.2. The first-order valence-corrected chi connectivity index (χ1v) is 11.7. The minimum absolute atomic E-state index is 0.110. The van der Waals surface area contributed by atoms with E-state index in [1.54, 1.807) is 0 Å². The third kappa shape index (κ3) is 5.93. The highest BCUT2D eigenvalue weighted by Crippen LogP contribution is 2.25. The van der Waals surface area contributed by atoms with Gasteiger partial charge in [0.05, 0.1) is 18.0 Å². The second-order valence-electron chi connectivity index (χ2n) is 7.31. The van der Waals surface area contributed by atoms with Crippen molar-refractivity contribution in [3.63, 3.8) is 0 Å². The van der Waals surface area contributed by atoms with Gasteiger partial charge < -0.3 is 15.4 Å². The molecule has 0 aromatic heterocycles. The third-order valence-corrected chi connectivity index (χ3v) is 5.97. The molecule has 0 saturated carbocycles. The number of anilines is 2. The number of ether oxygens (including phenoxy) is 1. The quantitative estimate of drug-likeness (QED) is 0.309. The van der Waals surface area contributed by atoms with Gasteiger partial charge in [-0.1, -0.05) is 42.5 Å². The number of benzene rings is 4. The zero-order valence-corrected chi connectivity index (χ0v) is 19.0. The average Bonchev–Trinajstić information content (AvgIpc) is 2.84. The molecule has 0 unspecified atom stereocenters. The number of fused-ring (bicyclic) bond motifs is 1. The summed E-state index contributed by atoms with van der Waals surface area (Å²) in [6.07, 6.45) is 0. The van der Waals surface area contributed by atoms with Gasteiger partial charge in [-0.05, 0) is 66.2 Å². The van der Waals surface area contributed by atoms with Crippen molar-refractivity contribution in [1.29, 1.82) is 0 Å². The number of para-hydroxylation sites is 2. The van der Waals surface area contributed by atoms with Crippen molar-refractivity contribution < 1.29 is 14.3 Å². The Labute approximate surface area is 197 Å². The van der Waals surface area contributed by atoms with Crippen LogP contribution >= 0.6 is 11.8 Å². The van der Waals surface area contributed by atoms with Crippen LogP contribution in [0.3, 0.4) is 0 Å². The molecule has 0 aliphatic carbocycles. The Morgan fingerprint density at radius 3 is 2.33 bits per heavy atom. The Hall–Kier alpha value is -3.77. The van der Waals surface area contributed by atoms with Crippen LogP contribution in [0, 0.1) is 0 Å². The Kier molecular flexibility index (Phi) is 7.27. The highest BCUT2D eigenvalue weighted by molar-refractivity contribution is 8.00. The molecular weight excluding hydrogens is 432 g/mol. The summed E-state index contributed by atoms with van der Waals surface area (Å²) in [5, 5.41) is 7.94. The van der Waals surface area contributed by atoms with Crippen LogP contribution in [0.4, 0.5) is 11.4 Å². The molecule has 0 fully saturated rings. The molecule has 0 radical (unpaired) electrons. The Morgan fingerprint density at radius 2 is 1.55 bits per heavy atom. The van der Waals surface area contributed by atoms with E-state index in [1.165, 1.54) is 11.8 Å². The highest BCUT2D eigenvalue weighted by Gasteiger charge is 2.09. The van der Waals surface area contributed by atoms with E-state index in [0.29, 0.717) is 29.3 Å². The van der Waals surface area contributed by atoms with Crippen molar-refractivity contribution in [3.05, 3.63) is 96.6 Å². The van der Waals surface area contributed by atoms with Gasteiger partial charge in [0.2, 0.25) is 5.91 Å². The van der Waals surface area contributed by atoms with E-state index in [-0.39, 0.29) is 17.6 Å². The van der Waals surface area contributed by atoms with Crippen LogP contribution in [0.25, 0.3) is 10.8 Å². The predicted molar refractivity (Wildman–Crippen MR) is 135 cm³/mol. The molecule has 4 aromatic rings. The van der Waals surface area contributed by atoms with Crippen molar-refractivity contribution in [2.24, 2.45) is 0 Å². The summed E-state index contributed by atoms with van der Waals surface area (Å²) in [4.78, 5) is 25.9. The topological polar surface area (TPSA) is 67.4 Å². The van der Waals surface area contributed by atoms with Gasteiger partial charge in [-0.25, -0.2) is 0 Å². The van der Waals surface area contributed by atoms with Crippen LogP contribution in [-0.4, -0.2) is 24.2 Å². The minimum Gasteiger partial charge on any atom is -0.492 e. The summed E-state index contributed by atoms with van der Waals surface area (Å²) in [5.41, 5.74) is 1.97. The molecule has 0 aliphatic heterocycles. The number of nitrogens with one attached hydrogen (secondary N) is 2. The predicted octanol–water partition coefficient (Wildman–Crippen LogP) is 6.22. The van der Waals surface area contributed by atoms with E-state index in [1.807, 2.05) is 97.9 Å². The summed E-state index contributed by atoms with van der Waals surface area (Å²) in [5.74, 6) is 0.655. The van der Waals surface area contributed by atoms with Gasteiger partial charge in [0, 0.05) is 16.1 Å².